The van der Waals surface area contributed by atoms with E-state index >= 15 is 0 Å². The van der Waals surface area contributed by atoms with Gasteiger partial charge in [0, 0.05) is 5.56 Å². The van der Waals surface area contributed by atoms with E-state index in [9.17, 15) is 30.8 Å². The number of alkyl halides is 3. The van der Waals surface area contributed by atoms with Crippen LogP contribution in [0.2, 0.25) is 0 Å². The van der Waals surface area contributed by atoms with E-state index in [0.717, 1.165) is 6.07 Å². The monoisotopic (exact) mass is 376 g/mol. The van der Waals surface area contributed by atoms with Crippen LogP contribution in [0.15, 0.2) is 41.3 Å². The van der Waals surface area contributed by atoms with Crippen LogP contribution < -0.4 is 10.5 Å². The molecule has 2 rings (SSSR count). The lowest BCUT2D eigenvalue weighted by atomic mass is 10.1. The summed E-state index contributed by atoms with van der Waals surface area (Å²) in [7, 11) is -4.40. The quantitative estimate of drug-likeness (QED) is 0.804. The number of carbonyl (C=O) groups is 1. The second-order valence-electron chi connectivity index (χ2n) is 5.14. The Kier molecular flexibility index (Phi) is 4.76. The van der Waals surface area contributed by atoms with Gasteiger partial charge >= 0.3 is 6.18 Å². The number of amides is 1. The number of hydrogen-bond acceptors (Lipinski definition) is 3. The van der Waals surface area contributed by atoms with Gasteiger partial charge in [0.1, 0.15) is 5.82 Å². The Labute approximate surface area is 140 Å². The summed E-state index contributed by atoms with van der Waals surface area (Å²) < 4.78 is 78.1. The first-order valence-electron chi connectivity index (χ1n) is 6.72. The van der Waals surface area contributed by atoms with Crippen LogP contribution in [-0.2, 0) is 16.2 Å². The van der Waals surface area contributed by atoms with E-state index in [4.69, 9.17) is 5.73 Å². The number of aryl methyl sites for hydroxylation is 1. The zero-order valence-corrected chi connectivity index (χ0v) is 13.5. The van der Waals surface area contributed by atoms with E-state index in [-0.39, 0.29) is 17.3 Å². The van der Waals surface area contributed by atoms with Gasteiger partial charge in [-0.15, -0.1) is 0 Å². The van der Waals surface area contributed by atoms with E-state index in [1.807, 2.05) is 0 Å². The number of sulfonamides is 1. The van der Waals surface area contributed by atoms with E-state index in [2.05, 4.69) is 4.72 Å². The standard InChI is InChI=1S/C15H12F4N2O3S/c1-8-6-9(14(20)22)2-5-13(8)21-25(23,24)10-3-4-12(16)11(7-10)15(17,18)19/h2-7,21H,1H3,(H2,20,22). The van der Waals surface area contributed by atoms with Gasteiger partial charge in [-0.25, -0.2) is 12.8 Å². The third-order valence-electron chi connectivity index (χ3n) is 3.31. The Hall–Kier alpha value is -2.62. The van der Waals surface area contributed by atoms with Crippen molar-refractivity contribution in [2.24, 2.45) is 5.73 Å². The van der Waals surface area contributed by atoms with Crippen molar-refractivity contribution >= 4 is 21.6 Å². The average molecular weight is 376 g/mol. The molecule has 5 nitrogen and oxygen atoms in total. The molecule has 0 aliphatic heterocycles. The summed E-state index contributed by atoms with van der Waals surface area (Å²) in [6, 6.07) is 5.21. The fourth-order valence-corrected chi connectivity index (χ4v) is 3.18. The zero-order chi connectivity index (χ0) is 19.0. The van der Waals surface area contributed by atoms with Gasteiger partial charge in [-0.1, -0.05) is 0 Å². The second-order valence-corrected chi connectivity index (χ2v) is 6.82. The predicted molar refractivity (Wildman–Crippen MR) is 81.9 cm³/mol. The van der Waals surface area contributed by atoms with Crippen molar-refractivity contribution in [1.29, 1.82) is 0 Å². The van der Waals surface area contributed by atoms with Gasteiger partial charge in [-0.2, -0.15) is 13.2 Å². The summed E-state index contributed by atoms with van der Waals surface area (Å²) in [5.74, 6) is -2.29. The molecule has 25 heavy (non-hydrogen) atoms. The van der Waals surface area contributed by atoms with Crippen LogP contribution in [0.5, 0.6) is 0 Å². The Balaban J connectivity index is 2.42. The van der Waals surface area contributed by atoms with Crippen LogP contribution in [0.4, 0.5) is 23.2 Å². The number of halogens is 4. The molecule has 1 amide bonds. The Bertz CT molecular complexity index is 940. The number of nitrogens with two attached hydrogens (primary N) is 1. The maximum absolute atomic E-state index is 13.3. The Morgan fingerprint density at radius 3 is 2.28 bits per heavy atom. The molecule has 2 aromatic carbocycles. The largest absolute Gasteiger partial charge is 0.419 e. The van der Waals surface area contributed by atoms with E-state index in [0.29, 0.717) is 11.6 Å². The molecule has 0 bridgehead atoms. The second kappa shape index (κ2) is 6.36. The molecule has 0 spiro atoms. The topological polar surface area (TPSA) is 89.3 Å². The molecule has 0 saturated heterocycles. The smallest absolute Gasteiger partial charge is 0.366 e. The van der Waals surface area contributed by atoms with Crippen LogP contribution in [0.25, 0.3) is 0 Å². The maximum Gasteiger partial charge on any atom is 0.419 e. The molecule has 0 aliphatic carbocycles. The average Bonchev–Trinajstić information content (AvgIpc) is 2.48. The lowest BCUT2D eigenvalue weighted by molar-refractivity contribution is -0.140. The molecule has 0 heterocycles. The molecule has 2 aromatic rings. The molecular weight excluding hydrogens is 364 g/mol. The number of nitrogens with one attached hydrogen (secondary N) is 1. The van der Waals surface area contributed by atoms with E-state index in [1.54, 1.807) is 0 Å². The van der Waals surface area contributed by atoms with Gasteiger partial charge in [0.05, 0.1) is 16.1 Å². The summed E-state index contributed by atoms with van der Waals surface area (Å²) in [5, 5.41) is 0. The summed E-state index contributed by atoms with van der Waals surface area (Å²) in [5.41, 5.74) is 3.94. The first-order valence-corrected chi connectivity index (χ1v) is 8.20. The SMILES string of the molecule is Cc1cc(C(N)=O)ccc1NS(=O)(=O)c1ccc(F)c(C(F)(F)F)c1. The summed E-state index contributed by atoms with van der Waals surface area (Å²) in [4.78, 5) is 10.3. The van der Waals surface area contributed by atoms with Crippen LogP contribution in [0, 0.1) is 12.7 Å². The molecule has 0 saturated carbocycles. The summed E-state index contributed by atoms with van der Waals surface area (Å²) >= 11 is 0. The van der Waals surface area contributed by atoms with Gasteiger partial charge in [-0.05, 0) is 48.9 Å². The van der Waals surface area contributed by atoms with Gasteiger partial charge in [0.15, 0.2) is 0 Å². The fraction of sp³-hybridized carbons (Fsp3) is 0.133. The van der Waals surface area contributed by atoms with Crippen molar-refractivity contribution in [3.63, 3.8) is 0 Å². The van der Waals surface area contributed by atoms with Gasteiger partial charge < -0.3 is 5.73 Å². The summed E-state index contributed by atoms with van der Waals surface area (Å²) in [6.45, 7) is 1.48. The molecule has 0 atom stereocenters. The van der Waals surface area contributed by atoms with Crippen LogP contribution in [-0.4, -0.2) is 14.3 Å². The molecule has 0 radical (unpaired) electrons. The van der Waals surface area contributed by atoms with Crippen molar-refractivity contribution in [1.82, 2.24) is 0 Å². The van der Waals surface area contributed by atoms with Crippen molar-refractivity contribution in [3.05, 3.63) is 58.9 Å². The molecule has 0 aliphatic rings. The summed E-state index contributed by atoms with van der Waals surface area (Å²) in [6.07, 6.45) is -5.03. The highest BCUT2D eigenvalue weighted by Gasteiger charge is 2.35. The first kappa shape index (κ1) is 18.7. The highest BCUT2D eigenvalue weighted by molar-refractivity contribution is 7.92. The van der Waals surface area contributed by atoms with Crippen LogP contribution >= 0.6 is 0 Å². The molecular formula is C15H12F4N2O3S. The number of rotatable bonds is 4. The van der Waals surface area contributed by atoms with Gasteiger partial charge in [0.2, 0.25) is 5.91 Å². The number of benzene rings is 2. The van der Waals surface area contributed by atoms with Crippen molar-refractivity contribution in [2.45, 2.75) is 18.0 Å². The minimum atomic E-state index is -5.03. The van der Waals surface area contributed by atoms with Crippen LogP contribution in [0.1, 0.15) is 21.5 Å². The molecule has 0 aromatic heterocycles. The Morgan fingerprint density at radius 2 is 1.76 bits per heavy atom. The molecule has 134 valence electrons. The minimum absolute atomic E-state index is 0.0443. The molecule has 0 unspecified atom stereocenters. The number of primary amides is 1. The molecule has 10 heteroatoms. The number of carbonyl (C=O) groups excluding carboxylic acids is 1. The lowest BCUT2D eigenvalue weighted by Crippen LogP contribution is -2.17. The van der Waals surface area contributed by atoms with Crippen molar-refractivity contribution in [2.75, 3.05) is 4.72 Å². The van der Waals surface area contributed by atoms with Crippen molar-refractivity contribution in [3.8, 4) is 0 Å². The predicted octanol–water partition coefficient (Wildman–Crippen LogP) is 3.05. The normalized spacial score (nSPS) is 12.0. The third-order valence-corrected chi connectivity index (χ3v) is 4.67. The van der Waals surface area contributed by atoms with E-state index < -0.39 is 38.4 Å². The van der Waals surface area contributed by atoms with Gasteiger partial charge in [-0.3, -0.25) is 9.52 Å². The minimum Gasteiger partial charge on any atom is -0.366 e. The van der Waals surface area contributed by atoms with Crippen molar-refractivity contribution < 1.29 is 30.8 Å². The van der Waals surface area contributed by atoms with Gasteiger partial charge in [0.25, 0.3) is 10.0 Å². The van der Waals surface area contributed by atoms with E-state index in [1.165, 1.54) is 25.1 Å². The Morgan fingerprint density at radius 1 is 1.12 bits per heavy atom. The first-order chi connectivity index (χ1) is 11.4. The number of hydrogen-bond donors (Lipinski definition) is 2. The maximum atomic E-state index is 13.3. The zero-order valence-electron chi connectivity index (χ0n) is 12.7. The fourth-order valence-electron chi connectivity index (χ4n) is 2.02. The molecule has 0 fully saturated rings. The molecule has 3 N–H and O–H groups in total. The highest BCUT2D eigenvalue weighted by Crippen LogP contribution is 2.33. The third kappa shape index (κ3) is 4.08. The lowest BCUT2D eigenvalue weighted by Gasteiger charge is -2.13. The number of anilines is 1. The van der Waals surface area contributed by atoms with Crippen LogP contribution in [0.3, 0.4) is 0 Å². The highest BCUT2D eigenvalue weighted by atomic mass is 32.2.